The van der Waals surface area contributed by atoms with E-state index in [0.29, 0.717) is 19.5 Å². The van der Waals surface area contributed by atoms with Crippen molar-refractivity contribution >= 4 is 16.2 Å². The summed E-state index contributed by atoms with van der Waals surface area (Å²) in [6.07, 6.45) is 1.62. The second-order valence-electron chi connectivity index (χ2n) is 5.99. The van der Waals surface area contributed by atoms with Crippen molar-refractivity contribution in [3.8, 4) is 0 Å². The number of hydrogen-bond donors (Lipinski definition) is 1. The fourth-order valence-corrected chi connectivity index (χ4v) is 2.68. The van der Waals surface area contributed by atoms with Crippen LogP contribution in [0.3, 0.4) is 0 Å². The van der Waals surface area contributed by atoms with E-state index in [1.54, 1.807) is 4.90 Å². The average Bonchev–Trinajstić information content (AvgIpc) is 2.23. The lowest BCUT2D eigenvalue weighted by Crippen LogP contribution is -2.41. The van der Waals surface area contributed by atoms with Crippen molar-refractivity contribution in [2.75, 3.05) is 18.8 Å². The number of ether oxygens (including phenoxy) is 1. The van der Waals surface area contributed by atoms with Crippen LogP contribution in [0.5, 0.6) is 0 Å². The molecule has 1 N–H and O–H groups in total. The molecule has 0 aromatic heterocycles. The highest BCUT2D eigenvalue weighted by Gasteiger charge is 2.27. The molecule has 0 aromatic carbocycles. The SMILES string of the molecule is CC(C)(C)OC(=O)N1CCC(CCS(=O)(=O)O)CC1. The summed E-state index contributed by atoms with van der Waals surface area (Å²) < 4.78 is 35.3. The van der Waals surface area contributed by atoms with Gasteiger partial charge in [-0.1, -0.05) is 0 Å². The molecule has 1 fully saturated rings. The van der Waals surface area contributed by atoms with Crippen LogP contribution in [0.4, 0.5) is 4.79 Å². The molecule has 1 saturated heterocycles. The molecule has 1 aliphatic heterocycles. The van der Waals surface area contributed by atoms with Crippen LogP contribution in [0.2, 0.25) is 0 Å². The molecule has 7 heteroatoms. The second-order valence-corrected chi connectivity index (χ2v) is 7.56. The lowest BCUT2D eigenvalue weighted by Gasteiger charge is -2.33. The van der Waals surface area contributed by atoms with E-state index in [-0.39, 0.29) is 17.8 Å². The molecule has 0 aromatic rings. The molecule has 0 atom stereocenters. The highest BCUT2D eigenvalue weighted by atomic mass is 32.2. The maximum Gasteiger partial charge on any atom is 0.410 e. The van der Waals surface area contributed by atoms with Gasteiger partial charge in [-0.3, -0.25) is 4.55 Å². The van der Waals surface area contributed by atoms with Gasteiger partial charge in [-0.2, -0.15) is 8.42 Å². The van der Waals surface area contributed by atoms with Gasteiger partial charge in [-0.15, -0.1) is 0 Å². The van der Waals surface area contributed by atoms with Crippen LogP contribution in [-0.2, 0) is 14.9 Å². The summed E-state index contributed by atoms with van der Waals surface area (Å²) in [5.74, 6) is 0.0324. The normalized spacial score (nSPS) is 18.4. The number of nitrogens with zero attached hydrogens (tertiary/aromatic N) is 1. The standard InChI is InChI=1S/C12H23NO5S/c1-12(2,3)18-11(14)13-7-4-10(5-8-13)6-9-19(15,16)17/h10H,4-9H2,1-3H3,(H,15,16,17). The van der Waals surface area contributed by atoms with Gasteiger partial charge in [0, 0.05) is 13.1 Å². The number of carbonyl (C=O) groups is 1. The Morgan fingerprint density at radius 1 is 1.32 bits per heavy atom. The van der Waals surface area contributed by atoms with Crippen molar-refractivity contribution in [3.63, 3.8) is 0 Å². The summed E-state index contributed by atoms with van der Waals surface area (Å²) in [7, 11) is -3.88. The number of likely N-dealkylation sites (tertiary alicyclic amines) is 1. The van der Waals surface area contributed by atoms with E-state index in [2.05, 4.69) is 0 Å². The van der Waals surface area contributed by atoms with Crippen LogP contribution in [0.15, 0.2) is 0 Å². The third-order valence-electron chi connectivity index (χ3n) is 3.05. The molecule has 0 radical (unpaired) electrons. The van der Waals surface area contributed by atoms with Crippen LogP contribution in [0.1, 0.15) is 40.0 Å². The molecule has 0 unspecified atom stereocenters. The van der Waals surface area contributed by atoms with Gasteiger partial charge in [0.1, 0.15) is 5.60 Å². The molecule has 0 saturated carbocycles. The topological polar surface area (TPSA) is 83.9 Å². The van der Waals surface area contributed by atoms with E-state index in [4.69, 9.17) is 9.29 Å². The van der Waals surface area contributed by atoms with Gasteiger partial charge in [-0.05, 0) is 46.0 Å². The van der Waals surface area contributed by atoms with Gasteiger partial charge >= 0.3 is 6.09 Å². The number of hydrogen-bond acceptors (Lipinski definition) is 4. The zero-order valence-electron chi connectivity index (χ0n) is 11.8. The highest BCUT2D eigenvalue weighted by molar-refractivity contribution is 7.85. The maximum atomic E-state index is 11.8. The Morgan fingerprint density at radius 3 is 2.26 bits per heavy atom. The van der Waals surface area contributed by atoms with Gasteiger partial charge < -0.3 is 9.64 Å². The lowest BCUT2D eigenvalue weighted by molar-refractivity contribution is 0.0183. The Hall–Kier alpha value is -0.820. The fourth-order valence-electron chi connectivity index (χ4n) is 2.05. The Balaban J connectivity index is 2.35. The van der Waals surface area contributed by atoms with E-state index >= 15 is 0 Å². The quantitative estimate of drug-likeness (QED) is 0.804. The number of carbonyl (C=O) groups excluding carboxylic acids is 1. The van der Waals surface area contributed by atoms with E-state index in [1.165, 1.54) is 0 Å². The van der Waals surface area contributed by atoms with E-state index in [9.17, 15) is 13.2 Å². The largest absolute Gasteiger partial charge is 0.444 e. The summed E-state index contributed by atoms with van der Waals surface area (Å²) in [6.45, 7) is 6.62. The van der Waals surface area contributed by atoms with E-state index in [0.717, 1.165) is 12.8 Å². The molecule has 0 aliphatic carbocycles. The molecule has 0 bridgehead atoms. The molecule has 112 valence electrons. The smallest absolute Gasteiger partial charge is 0.410 e. The van der Waals surface area contributed by atoms with Gasteiger partial charge in [0.2, 0.25) is 0 Å². The second kappa shape index (κ2) is 6.09. The summed E-state index contributed by atoms with van der Waals surface area (Å²) in [4.78, 5) is 13.5. The van der Waals surface area contributed by atoms with E-state index in [1.807, 2.05) is 20.8 Å². The minimum atomic E-state index is -3.88. The summed E-state index contributed by atoms with van der Waals surface area (Å²) in [6, 6.07) is 0. The van der Waals surface area contributed by atoms with Crippen molar-refractivity contribution in [1.29, 1.82) is 0 Å². The lowest BCUT2D eigenvalue weighted by atomic mass is 9.95. The summed E-state index contributed by atoms with van der Waals surface area (Å²) >= 11 is 0. The summed E-state index contributed by atoms with van der Waals surface area (Å²) in [5, 5.41) is 0. The molecular formula is C12H23NO5S. The van der Waals surface area contributed by atoms with Gasteiger partial charge in [0.15, 0.2) is 0 Å². The zero-order valence-corrected chi connectivity index (χ0v) is 12.6. The maximum absolute atomic E-state index is 11.8. The molecule has 6 nitrogen and oxygen atoms in total. The predicted molar refractivity (Wildman–Crippen MR) is 71.6 cm³/mol. The van der Waals surface area contributed by atoms with E-state index < -0.39 is 15.7 Å². The number of piperidine rings is 1. The van der Waals surface area contributed by atoms with Gasteiger partial charge in [-0.25, -0.2) is 4.79 Å². The highest BCUT2D eigenvalue weighted by Crippen LogP contribution is 2.22. The molecule has 1 aliphatic rings. The Morgan fingerprint density at radius 2 is 1.84 bits per heavy atom. The first kappa shape index (κ1) is 16.2. The Labute approximate surface area is 114 Å². The van der Waals surface area contributed by atoms with Crippen molar-refractivity contribution in [1.82, 2.24) is 4.90 Å². The molecule has 0 spiro atoms. The first-order valence-corrected chi connectivity index (χ1v) is 8.11. The van der Waals surface area contributed by atoms with Crippen LogP contribution < -0.4 is 0 Å². The third-order valence-corrected chi connectivity index (χ3v) is 3.80. The Bertz CT molecular complexity index is 404. The molecule has 19 heavy (non-hydrogen) atoms. The van der Waals surface area contributed by atoms with Crippen molar-refractivity contribution in [2.24, 2.45) is 5.92 Å². The molecular weight excluding hydrogens is 270 g/mol. The fraction of sp³-hybridized carbons (Fsp3) is 0.917. The Kier molecular flexibility index (Phi) is 5.20. The third kappa shape index (κ3) is 6.77. The van der Waals surface area contributed by atoms with Crippen LogP contribution >= 0.6 is 0 Å². The minimum Gasteiger partial charge on any atom is -0.444 e. The molecule has 1 rings (SSSR count). The zero-order chi connectivity index (χ0) is 14.7. The first-order chi connectivity index (χ1) is 8.57. The van der Waals surface area contributed by atoms with Crippen molar-refractivity contribution in [3.05, 3.63) is 0 Å². The van der Waals surface area contributed by atoms with Gasteiger partial charge in [0.05, 0.1) is 5.75 Å². The van der Waals surface area contributed by atoms with Crippen molar-refractivity contribution in [2.45, 2.75) is 45.6 Å². The van der Waals surface area contributed by atoms with Gasteiger partial charge in [0.25, 0.3) is 10.1 Å². The first-order valence-electron chi connectivity index (χ1n) is 6.50. The summed E-state index contributed by atoms with van der Waals surface area (Å²) in [5.41, 5.74) is -0.501. The minimum absolute atomic E-state index is 0.204. The van der Waals surface area contributed by atoms with Crippen LogP contribution in [-0.4, -0.2) is 48.4 Å². The molecule has 1 amide bonds. The van der Waals surface area contributed by atoms with Crippen LogP contribution in [0, 0.1) is 5.92 Å². The van der Waals surface area contributed by atoms with Crippen LogP contribution in [0.25, 0.3) is 0 Å². The number of amides is 1. The monoisotopic (exact) mass is 293 g/mol. The number of rotatable bonds is 3. The van der Waals surface area contributed by atoms with Crippen molar-refractivity contribution < 1.29 is 22.5 Å². The molecule has 1 heterocycles. The average molecular weight is 293 g/mol. The predicted octanol–water partition coefficient (Wildman–Crippen LogP) is 1.91.